The lowest BCUT2D eigenvalue weighted by molar-refractivity contribution is 0.137. The summed E-state index contributed by atoms with van der Waals surface area (Å²) < 4.78 is 0. The average Bonchev–Trinajstić information content (AvgIpc) is 3.38. The number of nitrogens with zero attached hydrogens (tertiary/aromatic N) is 2. The summed E-state index contributed by atoms with van der Waals surface area (Å²) in [5, 5.41) is 0. The van der Waals surface area contributed by atoms with Crippen molar-refractivity contribution >= 4 is 0 Å². The van der Waals surface area contributed by atoms with E-state index in [2.05, 4.69) is 43.0 Å². The van der Waals surface area contributed by atoms with E-state index in [9.17, 15) is 0 Å². The fourth-order valence-electron chi connectivity index (χ4n) is 6.96. The van der Waals surface area contributed by atoms with E-state index >= 15 is 0 Å². The highest BCUT2D eigenvalue weighted by atomic mass is 15.4. The summed E-state index contributed by atoms with van der Waals surface area (Å²) in [6.45, 7) is 9.43. The first kappa shape index (κ1) is 39.4. The van der Waals surface area contributed by atoms with Crippen LogP contribution in [0.1, 0.15) is 226 Å². The molecule has 0 N–H and O–H groups in total. The van der Waals surface area contributed by atoms with Gasteiger partial charge in [0.15, 0.2) is 0 Å². The predicted octanol–water partition coefficient (Wildman–Crippen LogP) is 13.9. The summed E-state index contributed by atoms with van der Waals surface area (Å²) >= 11 is 0. The van der Waals surface area contributed by atoms with Gasteiger partial charge in [0.2, 0.25) is 0 Å². The number of hydrogen-bond donors (Lipinski definition) is 0. The largest absolute Gasteiger partial charge is 0.356 e. The maximum absolute atomic E-state index is 2.68. The van der Waals surface area contributed by atoms with Crippen LogP contribution in [0, 0.1) is 0 Å². The van der Waals surface area contributed by atoms with Gasteiger partial charge in [0.05, 0.1) is 0 Å². The quantitative estimate of drug-likeness (QED) is 0.0690. The molecule has 1 rings (SSSR count). The highest BCUT2D eigenvalue weighted by Gasteiger charge is 2.24. The second-order valence-corrected chi connectivity index (χ2v) is 13.9. The molecule has 250 valence electrons. The maximum Gasteiger partial charge on any atom is 0.101 e. The normalized spacial score (nSPS) is 15.0. The summed E-state index contributed by atoms with van der Waals surface area (Å²) in [5.74, 6) is 0. The Morgan fingerprint density at radius 3 is 0.929 bits per heavy atom. The Labute approximate surface area is 267 Å². The van der Waals surface area contributed by atoms with E-state index in [1.807, 2.05) is 0 Å². The van der Waals surface area contributed by atoms with Crippen LogP contribution in [-0.2, 0) is 0 Å². The second kappa shape index (κ2) is 31.8. The van der Waals surface area contributed by atoms with Crippen LogP contribution in [0.3, 0.4) is 0 Å². The Bertz CT molecular complexity index is 544. The Morgan fingerprint density at radius 1 is 0.310 bits per heavy atom. The molecule has 0 aromatic carbocycles. The minimum absolute atomic E-state index is 0.638. The fraction of sp³-hybridized carbons (Fsp3) is 0.950. The highest BCUT2D eigenvalue weighted by Crippen LogP contribution is 2.23. The van der Waals surface area contributed by atoms with Gasteiger partial charge in [-0.1, -0.05) is 201 Å². The fourth-order valence-corrected chi connectivity index (χ4v) is 6.96. The van der Waals surface area contributed by atoms with Crippen molar-refractivity contribution in [3.8, 4) is 0 Å². The molecule has 1 aliphatic rings. The Hall–Kier alpha value is -0.660. The Morgan fingerprint density at radius 2 is 0.595 bits per heavy atom. The molecular weight excluding hydrogens is 508 g/mol. The first-order valence-corrected chi connectivity index (χ1v) is 20.0. The smallest absolute Gasteiger partial charge is 0.101 e. The van der Waals surface area contributed by atoms with Crippen molar-refractivity contribution in [2.24, 2.45) is 0 Å². The third-order valence-corrected chi connectivity index (χ3v) is 9.78. The molecule has 1 atom stereocenters. The van der Waals surface area contributed by atoms with Crippen molar-refractivity contribution in [1.82, 2.24) is 9.80 Å². The summed E-state index contributed by atoms with van der Waals surface area (Å²) in [4.78, 5) is 5.31. The third kappa shape index (κ3) is 23.8. The zero-order valence-electron chi connectivity index (χ0n) is 29.7. The van der Waals surface area contributed by atoms with Crippen molar-refractivity contribution < 1.29 is 0 Å². The molecule has 1 unspecified atom stereocenters. The van der Waals surface area contributed by atoms with Crippen LogP contribution in [0.4, 0.5) is 0 Å². The maximum atomic E-state index is 2.68. The predicted molar refractivity (Wildman–Crippen MR) is 191 cm³/mol. The highest BCUT2D eigenvalue weighted by molar-refractivity contribution is 4.96. The van der Waals surface area contributed by atoms with E-state index in [0.717, 1.165) is 0 Å². The van der Waals surface area contributed by atoms with Gasteiger partial charge in [0.1, 0.15) is 6.17 Å². The van der Waals surface area contributed by atoms with Crippen molar-refractivity contribution in [2.45, 2.75) is 232 Å². The Kier molecular flexibility index (Phi) is 29.8. The third-order valence-electron chi connectivity index (χ3n) is 9.78. The molecule has 2 nitrogen and oxygen atoms in total. The van der Waals surface area contributed by atoms with Gasteiger partial charge < -0.3 is 9.80 Å². The van der Waals surface area contributed by atoms with E-state index in [1.54, 1.807) is 0 Å². The van der Waals surface area contributed by atoms with E-state index in [1.165, 1.54) is 219 Å². The van der Waals surface area contributed by atoms with Crippen LogP contribution in [-0.4, -0.2) is 29.1 Å². The molecule has 0 radical (unpaired) electrons. The molecule has 0 saturated carbocycles. The van der Waals surface area contributed by atoms with Crippen LogP contribution in [0.2, 0.25) is 0 Å². The second-order valence-electron chi connectivity index (χ2n) is 13.9. The molecule has 0 bridgehead atoms. The van der Waals surface area contributed by atoms with E-state index < -0.39 is 0 Å². The lowest BCUT2D eigenvalue weighted by Gasteiger charge is -2.33. The van der Waals surface area contributed by atoms with Crippen LogP contribution in [0.5, 0.6) is 0 Å². The van der Waals surface area contributed by atoms with Gasteiger partial charge >= 0.3 is 0 Å². The summed E-state index contributed by atoms with van der Waals surface area (Å²) in [7, 11) is 0. The molecule has 0 aliphatic carbocycles. The number of unbranched alkanes of at least 4 members (excludes halogenated alkanes) is 28. The molecule has 0 spiro atoms. The lowest BCUT2D eigenvalue weighted by atomic mass is 10.0. The molecule has 0 saturated heterocycles. The first-order chi connectivity index (χ1) is 20.8. The van der Waals surface area contributed by atoms with E-state index in [-0.39, 0.29) is 0 Å². The molecular formula is C40H80N2. The zero-order valence-corrected chi connectivity index (χ0v) is 29.7. The van der Waals surface area contributed by atoms with Crippen LogP contribution < -0.4 is 0 Å². The van der Waals surface area contributed by atoms with Crippen molar-refractivity contribution in [3.63, 3.8) is 0 Å². The van der Waals surface area contributed by atoms with E-state index in [4.69, 9.17) is 0 Å². The standard InChI is InChI=1S/C40H80N2/c1-4-7-9-11-13-15-17-19-20-21-22-23-25-27-29-31-33-35-40-41(36-6-3)38-39-42(40)37-34-32-30-28-26-24-18-16-14-12-10-8-5-2/h38-40H,4-37H2,1-3H3. The van der Waals surface area contributed by atoms with Gasteiger partial charge in [-0.3, -0.25) is 0 Å². The summed E-state index contributed by atoms with van der Waals surface area (Å²) in [6.07, 6.45) is 51.6. The first-order valence-electron chi connectivity index (χ1n) is 20.0. The van der Waals surface area contributed by atoms with Gasteiger partial charge in [-0.05, 0) is 25.7 Å². The molecule has 1 aliphatic heterocycles. The van der Waals surface area contributed by atoms with Gasteiger partial charge in [-0.25, -0.2) is 0 Å². The van der Waals surface area contributed by atoms with Crippen molar-refractivity contribution in [2.75, 3.05) is 13.1 Å². The molecule has 42 heavy (non-hydrogen) atoms. The SMILES string of the molecule is CCCCCCCCCCCCCCCCCCCC1N(CCC)C=CN1CCCCCCCCCCCCCCC. The van der Waals surface area contributed by atoms with E-state index in [0.29, 0.717) is 6.17 Å². The van der Waals surface area contributed by atoms with Crippen LogP contribution in [0.15, 0.2) is 12.4 Å². The van der Waals surface area contributed by atoms with Crippen molar-refractivity contribution in [3.05, 3.63) is 12.4 Å². The topological polar surface area (TPSA) is 6.48 Å². The average molecular weight is 589 g/mol. The van der Waals surface area contributed by atoms with Crippen molar-refractivity contribution in [1.29, 1.82) is 0 Å². The molecule has 0 amide bonds. The Balaban J connectivity index is 1.96. The minimum atomic E-state index is 0.638. The monoisotopic (exact) mass is 589 g/mol. The number of rotatable bonds is 34. The molecule has 2 heteroatoms. The molecule has 1 heterocycles. The summed E-state index contributed by atoms with van der Waals surface area (Å²) in [6, 6.07) is 0. The van der Waals surface area contributed by atoms with Gasteiger partial charge in [-0.15, -0.1) is 0 Å². The lowest BCUT2D eigenvalue weighted by Crippen LogP contribution is -2.39. The van der Waals surface area contributed by atoms with Crippen LogP contribution in [0.25, 0.3) is 0 Å². The van der Waals surface area contributed by atoms with Gasteiger partial charge in [0, 0.05) is 25.5 Å². The minimum Gasteiger partial charge on any atom is -0.356 e. The molecule has 0 fully saturated rings. The van der Waals surface area contributed by atoms with Gasteiger partial charge in [0.25, 0.3) is 0 Å². The zero-order chi connectivity index (χ0) is 30.2. The van der Waals surface area contributed by atoms with Gasteiger partial charge in [-0.2, -0.15) is 0 Å². The molecule has 0 aromatic rings. The number of hydrogen-bond acceptors (Lipinski definition) is 2. The summed E-state index contributed by atoms with van der Waals surface area (Å²) in [5.41, 5.74) is 0. The molecule has 0 aromatic heterocycles. The van der Waals surface area contributed by atoms with Crippen LogP contribution >= 0.6 is 0 Å².